The van der Waals surface area contributed by atoms with Crippen LogP contribution in [0, 0.1) is 6.92 Å². The Kier molecular flexibility index (Phi) is 5.26. The summed E-state index contributed by atoms with van der Waals surface area (Å²) >= 11 is 0. The summed E-state index contributed by atoms with van der Waals surface area (Å²) in [6, 6.07) is 7.09. The van der Waals surface area contributed by atoms with E-state index in [1.807, 2.05) is 12.1 Å². The Balaban J connectivity index is 1.53. The standard InChI is InChI=1S/C23H25NO5/c1-13-20-18(25)10-5-11-19(20)29-21(13)22(26)24-17(23(27)28)12-15-8-4-7-14-6-2-3-9-16(14)15/h2-3,6,9,15,17H,4-5,7-8,10-12H2,1H3,(H,24,26)(H,27,28). The highest BCUT2D eigenvalue weighted by molar-refractivity contribution is 6.04. The predicted octanol–water partition coefficient (Wildman–Crippen LogP) is 3.80. The minimum absolute atomic E-state index is 0.0138. The molecular formula is C23H25NO5. The molecule has 1 aromatic carbocycles. The predicted molar refractivity (Wildman–Crippen MR) is 106 cm³/mol. The van der Waals surface area contributed by atoms with E-state index in [4.69, 9.17) is 4.42 Å². The van der Waals surface area contributed by atoms with Crippen LogP contribution in [0.4, 0.5) is 0 Å². The second-order valence-electron chi connectivity index (χ2n) is 8.02. The lowest BCUT2D eigenvalue weighted by Gasteiger charge is -2.27. The van der Waals surface area contributed by atoms with Crippen LogP contribution in [0.25, 0.3) is 0 Å². The number of rotatable bonds is 5. The molecule has 0 bridgehead atoms. The van der Waals surface area contributed by atoms with E-state index < -0.39 is 17.9 Å². The normalized spacial score (nSPS) is 19.2. The average molecular weight is 395 g/mol. The van der Waals surface area contributed by atoms with E-state index in [0.717, 1.165) is 19.3 Å². The van der Waals surface area contributed by atoms with Crippen LogP contribution in [0.1, 0.15) is 81.4 Å². The van der Waals surface area contributed by atoms with Gasteiger partial charge in [0.05, 0.1) is 5.56 Å². The lowest BCUT2D eigenvalue weighted by molar-refractivity contribution is -0.139. The number of aliphatic carboxylic acids is 1. The van der Waals surface area contributed by atoms with Crippen LogP contribution in [-0.2, 0) is 17.6 Å². The maximum Gasteiger partial charge on any atom is 0.326 e. The number of nitrogens with one attached hydrogen (secondary N) is 1. The highest BCUT2D eigenvalue weighted by Gasteiger charge is 2.32. The molecule has 6 heteroatoms. The lowest BCUT2D eigenvalue weighted by atomic mass is 9.79. The quantitative estimate of drug-likeness (QED) is 0.803. The lowest BCUT2D eigenvalue weighted by Crippen LogP contribution is -2.42. The van der Waals surface area contributed by atoms with Crippen LogP contribution in [0.15, 0.2) is 28.7 Å². The van der Waals surface area contributed by atoms with Crippen molar-refractivity contribution >= 4 is 17.7 Å². The molecule has 2 N–H and O–H groups in total. The Hall–Kier alpha value is -2.89. The van der Waals surface area contributed by atoms with Crippen LogP contribution in [-0.4, -0.2) is 28.8 Å². The van der Waals surface area contributed by atoms with Gasteiger partial charge in [0.1, 0.15) is 11.8 Å². The summed E-state index contributed by atoms with van der Waals surface area (Å²) in [4.78, 5) is 36.9. The van der Waals surface area contributed by atoms with E-state index in [9.17, 15) is 19.5 Å². The molecule has 6 nitrogen and oxygen atoms in total. The first-order chi connectivity index (χ1) is 14.0. The monoisotopic (exact) mass is 395 g/mol. The number of benzene rings is 1. The molecule has 2 unspecified atom stereocenters. The number of fused-ring (bicyclic) bond motifs is 2. The first kappa shape index (κ1) is 19.4. The third-order valence-electron chi connectivity index (χ3n) is 6.13. The number of aryl methyl sites for hydroxylation is 2. The molecule has 2 aliphatic carbocycles. The molecule has 1 amide bonds. The van der Waals surface area contributed by atoms with E-state index in [0.29, 0.717) is 42.6 Å². The van der Waals surface area contributed by atoms with Gasteiger partial charge in [-0.25, -0.2) is 4.79 Å². The van der Waals surface area contributed by atoms with Crippen molar-refractivity contribution in [2.75, 3.05) is 0 Å². The number of carboxylic acids is 1. The van der Waals surface area contributed by atoms with Crippen molar-refractivity contribution in [3.8, 4) is 0 Å². The van der Waals surface area contributed by atoms with E-state index in [-0.39, 0.29) is 17.5 Å². The molecule has 0 radical (unpaired) electrons. The first-order valence-corrected chi connectivity index (χ1v) is 10.2. The van der Waals surface area contributed by atoms with E-state index >= 15 is 0 Å². The molecule has 1 aromatic heterocycles. The molecule has 29 heavy (non-hydrogen) atoms. The second-order valence-corrected chi connectivity index (χ2v) is 8.02. The third-order valence-corrected chi connectivity index (χ3v) is 6.13. The van der Waals surface area contributed by atoms with Gasteiger partial charge in [0, 0.05) is 18.4 Å². The zero-order valence-corrected chi connectivity index (χ0v) is 16.5. The fourth-order valence-corrected chi connectivity index (χ4v) is 4.69. The summed E-state index contributed by atoms with van der Waals surface area (Å²) in [6.45, 7) is 1.69. The van der Waals surface area contributed by atoms with Crippen LogP contribution in [0.5, 0.6) is 0 Å². The van der Waals surface area contributed by atoms with Gasteiger partial charge in [-0.1, -0.05) is 24.3 Å². The van der Waals surface area contributed by atoms with Crippen LogP contribution >= 0.6 is 0 Å². The molecule has 0 fully saturated rings. The van der Waals surface area contributed by atoms with Crippen molar-refractivity contribution in [2.24, 2.45) is 0 Å². The summed E-state index contributed by atoms with van der Waals surface area (Å²) in [6.07, 6.45) is 5.02. The van der Waals surface area contributed by atoms with Gasteiger partial charge >= 0.3 is 5.97 Å². The minimum Gasteiger partial charge on any atom is -0.480 e. The van der Waals surface area contributed by atoms with Gasteiger partial charge in [0.15, 0.2) is 11.5 Å². The fourth-order valence-electron chi connectivity index (χ4n) is 4.69. The van der Waals surface area contributed by atoms with Crippen molar-refractivity contribution in [3.05, 3.63) is 58.0 Å². The minimum atomic E-state index is -1.06. The topological polar surface area (TPSA) is 96.6 Å². The van der Waals surface area contributed by atoms with Crippen molar-refractivity contribution in [3.63, 3.8) is 0 Å². The molecule has 2 aromatic rings. The SMILES string of the molecule is Cc1c(C(=O)NC(CC2CCCc3ccccc32)C(=O)O)oc2c1C(=O)CCC2. The summed E-state index contributed by atoms with van der Waals surface area (Å²) in [5.74, 6) is -0.959. The highest BCUT2D eigenvalue weighted by atomic mass is 16.4. The van der Waals surface area contributed by atoms with Gasteiger partial charge in [-0.05, 0) is 56.1 Å². The number of Topliss-reactive ketones (excluding diaryl/α,β-unsaturated/α-hetero) is 1. The van der Waals surface area contributed by atoms with E-state index in [1.165, 1.54) is 11.1 Å². The van der Waals surface area contributed by atoms with Gasteiger partial charge in [0.2, 0.25) is 0 Å². The van der Waals surface area contributed by atoms with Crippen LogP contribution in [0.3, 0.4) is 0 Å². The highest BCUT2D eigenvalue weighted by Crippen LogP contribution is 2.35. The molecule has 4 rings (SSSR count). The molecule has 0 spiro atoms. The number of carbonyl (C=O) groups is 3. The Morgan fingerprint density at radius 1 is 1.21 bits per heavy atom. The average Bonchev–Trinajstić information content (AvgIpc) is 3.05. The fraction of sp³-hybridized carbons (Fsp3) is 0.435. The second kappa shape index (κ2) is 7.85. The Labute approximate surface area is 169 Å². The molecule has 0 aliphatic heterocycles. The van der Waals surface area contributed by atoms with Crippen molar-refractivity contribution in [2.45, 2.75) is 63.8 Å². The van der Waals surface area contributed by atoms with Crippen LogP contribution in [0.2, 0.25) is 0 Å². The van der Waals surface area contributed by atoms with Crippen molar-refractivity contribution in [1.82, 2.24) is 5.32 Å². The number of hydrogen-bond donors (Lipinski definition) is 2. The van der Waals surface area contributed by atoms with Gasteiger partial charge in [-0.2, -0.15) is 0 Å². The summed E-state index contributed by atoms with van der Waals surface area (Å²) in [5.41, 5.74) is 3.44. The number of amides is 1. The molecule has 152 valence electrons. The summed E-state index contributed by atoms with van der Waals surface area (Å²) in [7, 11) is 0. The number of furan rings is 1. The molecule has 2 aliphatic rings. The van der Waals surface area contributed by atoms with Crippen LogP contribution < -0.4 is 5.32 Å². The molecule has 0 saturated carbocycles. The first-order valence-electron chi connectivity index (χ1n) is 10.2. The maximum absolute atomic E-state index is 12.8. The molecule has 0 saturated heterocycles. The number of carboxylic acid groups (broad SMARTS) is 1. The van der Waals surface area contributed by atoms with E-state index in [2.05, 4.69) is 17.4 Å². The largest absolute Gasteiger partial charge is 0.480 e. The summed E-state index contributed by atoms with van der Waals surface area (Å²) < 4.78 is 5.67. The molecular weight excluding hydrogens is 370 g/mol. The zero-order valence-electron chi connectivity index (χ0n) is 16.5. The van der Waals surface area contributed by atoms with Gasteiger partial charge in [0.25, 0.3) is 5.91 Å². The summed E-state index contributed by atoms with van der Waals surface area (Å²) in [5, 5.41) is 12.4. The molecule has 2 atom stereocenters. The van der Waals surface area contributed by atoms with Crippen molar-refractivity contribution in [1.29, 1.82) is 0 Å². The van der Waals surface area contributed by atoms with Gasteiger partial charge < -0.3 is 14.8 Å². The maximum atomic E-state index is 12.8. The number of ketones is 1. The number of hydrogen-bond acceptors (Lipinski definition) is 4. The molecule has 1 heterocycles. The Bertz CT molecular complexity index is 974. The van der Waals surface area contributed by atoms with Crippen molar-refractivity contribution < 1.29 is 23.9 Å². The zero-order chi connectivity index (χ0) is 20.5. The van der Waals surface area contributed by atoms with E-state index in [1.54, 1.807) is 6.92 Å². The number of carbonyl (C=O) groups excluding carboxylic acids is 2. The third kappa shape index (κ3) is 3.71. The van der Waals surface area contributed by atoms with Gasteiger partial charge in [-0.3, -0.25) is 9.59 Å². The Morgan fingerprint density at radius 3 is 2.76 bits per heavy atom. The van der Waals surface area contributed by atoms with Gasteiger partial charge in [-0.15, -0.1) is 0 Å². The Morgan fingerprint density at radius 2 is 2.00 bits per heavy atom. The smallest absolute Gasteiger partial charge is 0.326 e.